The fourth-order valence-electron chi connectivity index (χ4n) is 1.46. The van der Waals surface area contributed by atoms with Crippen molar-refractivity contribution in [1.29, 1.82) is 0 Å². The molecule has 0 aliphatic carbocycles. The van der Waals surface area contributed by atoms with Gasteiger partial charge in [-0.2, -0.15) is 13.2 Å². The molecule has 1 heterocycles. The number of rotatable bonds is 2. The Hall–Kier alpha value is -1.82. The summed E-state index contributed by atoms with van der Waals surface area (Å²) in [5.74, 6) is 0.100. The molecule has 0 spiro atoms. The van der Waals surface area contributed by atoms with Gasteiger partial charge in [-0.25, -0.2) is 4.98 Å². The first-order valence-corrected chi connectivity index (χ1v) is 4.91. The van der Waals surface area contributed by atoms with Crippen molar-refractivity contribution in [2.45, 2.75) is 12.2 Å². The standard InChI is InChI=1S/C11H10F3N3/c12-11(13,14)8-6-16-10(17-8)9(15)7-4-2-1-3-5-7/h1-6,9H,15H2,(H,16,17). The largest absolute Gasteiger partial charge is 0.432 e. The first kappa shape index (κ1) is 11.7. The topological polar surface area (TPSA) is 54.7 Å². The second-order valence-electron chi connectivity index (χ2n) is 3.57. The molecule has 2 aromatic rings. The minimum Gasteiger partial charge on any atom is -0.337 e. The maximum absolute atomic E-state index is 12.4. The molecule has 0 fully saturated rings. The Balaban J connectivity index is 2.27. The van der Waals surface area contributed by atoms with Crippen molar-refractivity contribution in [3.63, 3.8) is 0 Å². The van der Waals surface area contributed by atoms with E-state index < -0.39 is 17.9 Å². The van der Waals surface area contributed by atoms with Crippen molar-refractivity contribution in [1.82, 2.24) is 9.97 Å². The number of benzene rings is 1. The number of nitrogens with one attached hydrogen (secondary N) is 1. The fraction of sp³-hybridized carbons (Fsp3) is 0.182. The lowest BCUT2D eigenvalue weighted by molar-refractivity contribution is -0.140. The number of imidazole rings is 1. The number of nitrogens with two attached hydrogens (primary N) is 1. The molecule has 0 bridgehead atoms. The molecule has 3 N–H and O–H groups in total. The smallest absolute Gasteiger partial charge is 0.337 e. The number of hydrogen-bond acceptors (Lipinski definition) is 2. The van der Waals surface area contributed by atoms with E-state index in [2.05, 4.69) is 9.97 Å². The molecule has 6 heteroatoms. The van der Waals surface area contributed by atoms with E-state index in [4.69, 9.17) is 5.73 Å². The number of nitrogens with zero attached hydrogens (tertiary/aromatic N) is 1. The first-order valence-electron chi connectivity index (χ1n) is 4.91. The van der Waals surface area contributed by atoms with Gasteiger partial charge < -0.3 is 10.7 Å². The minimum atomic E-state index is -4.43. The Morgan fingerprint density at radius 3 is 2.35 bits per heavy atom. The average molecular weight is 241 g/mol. The van der Waals surface area contributed by atoms with E-state index in [1.165, 1.54) is 0 Å². The number of alkyl halides is 3. The molecule has 0 aliphatic heterocycles. The molecule has 1 atom stereocenters. The second-order valence-corrected chi connectivity index (χ2v) is 3.57. The van der Waals surface area contributed by atoms with Crippen LogP contribution < -0.4 is 5.73 Å². The Bertz CT molecular complexity index is 490. The second kappa shape index (κ2) is 4.21. The molecule has 3 nitrogen and oxygen atoms in total. The zero-order valence-corrected chi connectivity index (χ0v) is 8.70. The first-order chi connectivity index (χ1) is 7.98. The highest BCUT2D eigenvalue weighted by Crippen LogP contribution is 2.28. The lowest BCUT2D eigenvalue weighted by atomic mass is 10.1. The lowest BCUT2D eigenvalue weighted by Crippen LogP contribution is -2.14. The van der Waals surface area contributed by atoms with Gasteiger partial charge in [-0.15, -0.1) is 0 Å². The third-order valence-corrected chi connectivity index (χ3v) is 2.35. The molecule has 90 valence electrons. The van der Waals surface area contributed by atoms with Crippen LogP contribution in [0, 0.1) is 0 Å². The summed E-state index contributed by atoms with van der Waals surface area (Å²) in [7, 11) is 0. The lowest BCUT2D eigenvalue weighted by Gasteiger charge is -2.09. The Morgan fingerprint density at radius 1 is 1.18 bits per heavy atom. The van der Waals surface area contributed by atoms with Crippen LogP contribution in [0.5, 0.6) is 0 Å². The van der Waals surface area contributed by atoms with E-state index in [9.17, 15) is 13.2 Å². The Morgan fingerprint density at radius 2 is 1.82 bits per heavy atom. The van der Waals surface area contributed by atoms with Gasteiger partial charge in [0.05, 0.1) is 12.2 Å². The van der Waals surface area contributed by atoms with Crippen LogP contribution in [0.3, 0.4) is 0 Å². The van der Waals surface area contributed by atoms with E-state index in [-0.39, 0.29) is 5.82 Å². The molecule has 0 amide bonds. The summed E-state index contributed by atoms with van der Waals surface area (Å²) in [4.78, 5) is 5.85. The van der Waals surface area contributed by atoms with Crippen LogP contribution in [0.2, 0.25) is 0 Å². The fourth-order valence-corrected chi connectivity index (χ4v) is 1.46. The molecule has 0 saturated carbocycles. The minimum absolute atomic E-state index is 0.100. The quantitative estimate of drug-likeness (QED) is 0.848. The zero-order chi connectivity index (χ0) is 12.5. The number of halogens is 3. The Kier molecular flexibility index (Phi) is 2.89. The summed E-state index contributed by atoms with van der Waals surface area (Å²) < 4.78 is 37.1. The van der Waals surface area contributed by atoms with Crippen molar-refractivity contribution in [2.24, 2.45) is 5.73 Å². The molecule has 0 radical (unpaired) electrons. The molecule has 2 rings (SSSR count). The third kappa shape index (κ3) is 2.47. The van der Waals surface area contributed by atoms with Crippen molar-refractivity contribution in [2.75, 3.05) is 0 Å². The normalized spacial score (nSPS) is 13.6. The summed E-state index contributed by atoms with van der Waals surface area (Å²) in [6, 6.07) is 8.12. The molecule has 1 unspecified atom stereocenters. The van der Waals surface area contributed by atoms with Gasteiger partial charge in [0.25, 0.3) is 0 Å². The number of aromatic nitrogens is 2. The highest BCUT2D eigenvalue weighted by atomic mass is 19.4. The highest BCUT2D eigenvalue weighted by Gasteiger charge is 2.33. The van der Waals surface area contributed by atoms with Crippen LogP contribution >= 0.6 is 0 Å². The summed E-state index contributed by atoms with van der Waals surface area (Å²) in [6.45, 7) is 0. The van der Waals surface area contributed by atoms with E-state index in [1.54, 1.807) is 30.3 Å². The van der Waals surface area contributed by atoms with E-state index in [1.807, 2.05) is 0 Å². The van der Waals surface area contributed by atoms with Crippen molar-refractivity contribution >= 4 is 0 Å². The van der Waals surface area contributed by atoms with Crippen LogP contribution in [-0.4, -0.2) is 9.97 Å². The number of H-pyrrole nitrogens is 1. The van der Waals surface area contributed by atoms with Gasteiger partial charge >= 0.3 is 6.18 Å². The molecule has 17 heavy (non-hydrogen) atoms. The molecule has 0 saturated heterocycles. The predicted molar refractivity (Wildman–Crippen MR) is 56.1 cm³/mol. The maximum Gasteiger partial charge on any atom is 0.432 e. The summed E-state index contributed by atoms with van der Waals surface area (Å²) in [5.41, 5.74) is 5.63. The molecule has 1 aromatic carbocycles. The van der Waals surface area contributed by atoms with Crippen LogP contribution in [0.15, 0.2) is 36.5 Å². The number of aromatic amines is 1. The van der Waals surface area contributed by atoms with Gasteiger partial charge in [-0.1, -0.05) is 30.3 Å². The van der Waals surface area contributed by atoms with Gasteiger partial charge in [0.2, 0.25) is 0 Å². The van der Waals surface area contributed by atoms with Gasteiger partial charge in [-0.3, -0.25) is 0 Å². The van der Waals surface area contributed by atoms with E-state index >= 15 is 0 Å². The monoisotopic (exact) mass is 241 g/mol. The molecular formula is C11H10F3N3. The van der Waals surface area contributed by atoms with Crippen molar-refractivity contribution in [3.05, 3.63) is 53.6 Å². The summed E-state index contributed by atoms with van der Waals surface area (Å²) in [6.07, 6.45) is -3.68. The molecule has 1 aromatic heterocycles. The summed E-state index contributed by atoms with van der Waals surface area (Å²) >= 11 is 0. The number of hydrogen-bond donors (Lipinski definition) is 2. The van der Waals surface area contributed by atoms with Gasteiger partial charge in [0.1, 0.15) is 11.5 Å². The zero-order valence-electron chi connectivity index (χ0n) is 8.70. The van der Waals surface area contributed by atoms with E-state index in [0.29, 0.717) is 5.56 Å². The third-order valence-electron chi connectivity index (χ3n) is 2.35. The van der Waals surface area contributed by atoms with Crippen LogP contribution in [-0.2, 0) is 6.18 Å². The van der Waals surface area contributed by atoms with Crippen molar-refractivity contribution < 1.29 is 13.2 Å². The van der Waals surface area contributed by atoms with Crippen LogP contribution in [0.1, 0.15) is 23.1 Å². The maximum atomic E-state index is 12.4. The average Bonchev–Trinajstić information content (AvgIpc) is 2.78. The molecule has 0 aliphatic rings. The molecular weight excluding hydrogens is 231 g/mol. The van der Waals surface area contributed by atoms with E-state index in [0.717, 1.165) is 6.20 Å². The summed E-state index contributed by atoms with van der Waals surface area (Å²) in [5, 5.41) is 0. The van der Waals surface area contributed by atoms with Gasteiger partial charge in [-0.05, 0) is 5.56 Å². The highest BCUT2D eigenvalue weighted by molar-refractivity contribution is 5.25. The van der Waals surface area contributed by atoms with Gasteiger partial charge in [0, 0.05) is 0 Å². The van der Waals surface area contributed by atoms with Gasteiger partial charge in [0.15, 0.2) is 0 Å². The van der Waals surface area contributed by atoms with Crippen LogP contribution in [0.25, 0.3) is 0 Å². The Labute approximate surface area is 95.5 Å². The van der Waals surface area contributed by atoms with Crippen LogP contribution in [0.4, 0.5) is 13.2 Å². The predicted octanol–water partition coefficient (Wildman–Crippen LogP) is 2.48. The van der Waals surface area contributed by atoms with Crippen molar-refractivity contribution in [3.8, 4) is 0 Å². The SMILES string of the molecule is NC(c1ccccc1)c1ncc(C(F)(F)F)[nH]1.